The van der Waals surface area contributed by atoms with Crippen molar-refractivity contribution in [1.82, 2.24) is 9.21 Å². The third kappa shape index (κ3) is 4.97. The average molecular weight is 420 g/mol. The predicted molar refractivity (Wildman–Crippen MR) is 105 cm³/mol. The van der Waals surface area contributed by atoms with Crippen molar-refractivity contribution in [2.45, 2.75) is 4.90 Å². The molecular weight excluding hydrogens is 399 g/mol. The van der Waals surface area contributed by atoms with Gasteiger partial charge in [-0.15, -0.1) is 0 Å². The molecule has 0 unspecified atom stereocenters. The lowest BCUT2D eigenvalue weighted by molar-refractivity contribution is -0.117. The van der Waals surface area contributed by atoms with E-state index in [0.717, 1.165) is 12.1 Å². The zero-order chi connectivity index (χ0) is 21.0. The number of sulfonamides is 1. The summed E-state index contributed by atoms with van der Waals surface area (Å²) in [6, 6.07) is 11.1. The maximum absolute atomic E-state index is 13.0. The first kappa shape index (κ1) is 20.9. The number of piperazine rings is 1. The first-order valence-electron chi connectivity index (χ1n) is 8.94. The Hall–Kier alpha value is -2.82. The van der Waals surface area contributed by atoms with Crippen LogP contribution in [0.4, 0.5) is 10.1 Å². The minimum atomic E-state index is -3.71. The van der Waals surface area contributed by atoms with Gasteiger partial charge in [0, 0.05) is 26.2 Å². The number of amides is 2. The fourth-order valence-corrected chi connectivity index (χ4v) is 4.51. The van der Waals surface area contributed by atoms with Gasteiger partial charge in [-0.1, -0.05) is 12.1 Å². The number of benzene rings is 2. The molecule has 1 aliphatic rings. The fourth-order valence-electron chi connectivity index (χ4n) is 3.08. The van der Waals surface area contributed by atoms with Gasteiger partial charge in [0.15, 0.2) is 0 Å². The van der Waals surface area contributed by atoms with E-state index in [-0.39, 0.29) is 36.0 Å². The Morgan fingerprint density at radius 3 is 2.24 bits per heavy atom. The molecule has 1 aliphatic heterocycles. The van der Waals surface area contributed by atoms with Crippen LogP contribution in [0, 0.1) is 5.82 Å². The Labute approximate surface area is 168 Å². The number of hydrogen-bond acceptors (Lipinski definition) is 5. The van der Waals surface area contributed by atoms with Crippen molar-refractivity contribution in [3.63, 3.8) is 0 Å². The van der Waals surface area contributed by atoms with E-state index in [2.05, 4.69) is 5.32 Å². The van der Waals surface area contributed by atoms with Crippen molar-refractivity contribution in [3.05, 3.63) is 59.9 Å². The Morgan fingerprint density at radius 2 is 1.62 bits per heavy atom. The van der Waals surface area contributed by atoms with Crippen molar-refractivity contribution in [2.24, 2.45) is 5.73 Å². The number of carbonyl (C=O) groups excluding carboxylic acids is 2. The third-order valence-corrected chi connectivity index (χ3v) is 6.53. The summed E-state index contributed by atoms with van der Waals surface area (Å²) >= 11 is 0. The lowest BCUT2D eigenvalue weighted by Gasteiger charge is -2.33. The monoisotopic (exact) mass is 420 g/mol. The molecule has 29 heavy (non-hydrogen) atoms. The molecular formula is C19H21FN4O4S. The second kappa shape index (κ2) is 8.68. The van der Waals surface area contributed by atoms with Crippen LogP contribution < -0.4 is 11.1 Å². The van der Waals surface area contributed by atoms with Gasteiger partial charge in [-0.3, -0.25) is 14.5 Å². The highest BCUT2D eigenvalue weighted by molar-refractivity contribution is 7.89. The number of carbonyl (C=O) groups is 2. The highest BCUT2D eigenvalue weighted by Crippen LogP contribution is 2.18. The number of hydrogen-bond donors (Lipinski definition) is 2. The van der Waals surface area contributed by atoms with E-state index in [1.807, 2.05) is 4.90 Å². The van der Waals surface area contributed by atoms with Crippen LogP contribution in [0.1, 0.15) is 10.4 Å². The van der Waals surface area contributed by atoms with Crippen LogP contribution in [0.2, 0.25) is 0 Å². The molecule has 1 saturated heterocycles. The normalized spacial score (nSPS) is 15.8. The van der Waals surface area contributed by atoms with E-state index in [0.29, 0.717) is 18.8 Å². The molecule has 1 heterocycles. The largest absolute Gasteiger partial charge is 0.366 e. The zero-order valence-corrected chi connectivity index (χ0v) is 16.4. The number of nitrogens with one attached hydrogen (secondary N) is 1. The molecule has 2 amide bonds. The van der Waals surface area contributed by atoms with Gasteiger partial charge in [0.05, 0.1) is 22.7 Å². The SMILES string of the molecule is NC(=O)c1ccccc1NC(=O)CN1CCN(S(=O)(=O)c2ccc(F)cc2)CC1. The lowest BCUT2D eigenvalue weighted by Crippen LogP contribution is -2.50. The summed E-state index contributed by atoms with van der Waals surface area (Å²) in [5, 5.41) is 2.66. The van der Waals surface area contributed by atoms with Crippen molar-refractivity contribution in [2.75, 3.05) is 38.0 Å². The van der Waals surface area contributed by atoms with Gasteiger partial charge >= 0.3 is 0 Å². The molecule has 2 aromatic carbocycles. The molecule has 2 aromatic rings. The van der Waals surface area contributed by atoms with Crippen LogP contribution in [0.5, 0.6) is 0 Å². The minimum Gasteiger partial charge on any atom is -0.366 e. The van der Waals surface area contributed by atoms with Gasteiger partial charge in [0.1, 0.15) is 5.82 Å². The van der Waals surface area contributed by atoms with Gasteiger partial charge in [0.25, 0.3) is 5.91 Å². The number of halogens is 1. The van der Waals surface area contributed by atoms with E-state index in [1.165, 1.54) is 22.5 Å². The molecule has 154 valence electrons. The quantitative estimate of drug-likeness (QED) is 0.720. The minimum absolute atomic E-state index is 0.0353. The van der Waals surface area contributed by atoms with Gasteiger partial charge in [-0.05, 0) is 36.4 Å². The number of nitrogens with two attached hydrogens (primary N) is 1. The van der Waals surface area contributed by atoms with Crippen molar-refractivity contribution >= 4 is 27.5 Å². The van der Waals surface area contributed by atoms with Crippen LogP contribution in [-0.4, -0.2) is 62.2 Å². The molecule has 0 saturated carbocycles. The Bertz CT molecular complexity index is 1000. The second-order valence-electron chi connectivity index (χ2n) is 6.59. The second-order valence-corrected chi connectivity index (χ2v) is 8.53. The number of para-hydroxylation sites is 1. The zero-order valence-electron chi connectivity index (χ0n) is 15.5. The predicted octanol–water partition coefficient (Wildman–Crippen LogP) is 0.870. The summed E-state index contributed by atoms with van der Waals surface area (Å²) < 4.78 is 39.6. The first-order valence-corrected chi connectivity index (χ1v) is 10.4. The van der Waals surface area contributed by atoms with Crippen LogP contribution in [0.25, 0.3) is 0 Å². The highest BCUT2D eigenvalue weighted by Gasteiger charge is 2.29. The van der Waals surface area contributed by atoms with E-state index in [4.69, 9.17) is 5.73 Å². The first-order chi connectivity index (χ1) is 13.8. The molecule has 0 spiro atoms. The number of rotatable bonds is 6. The van der Waals surface area contributed by atoms with Gasteiger partial charge in [0.2, 0.25) is 15.9 Å². The summed E-state index contributed by atoms with van der Waals surface area (Å²) in [6.45, 7) is 1.21. The van der Waals surface area contributed by atoms with Gasteiger partial charge in [-0.2, -0.15) is 4.31 Å². The summed E-state index contributed by atoms with van der Waals surface area (Å²) in [6.07, 6.45) is 0. The Balaban J connectivity index is 1.57. The van der Waals surface area contributed by atoms with E-state index in [1.54, 1.807) is 18.2 Å². The lowest BCUT2D eigenvalue weighted by atomic mass is 10.1. The Morgan fingerprint density at radius 1 is 1.00 bits per heavy atom. The van der Waals surface area contributed by atoms with E-state index < -0.39 is 21.7 Å². The third-order valence-electron chi connectivity index (χ3n) is 4.62. The number of nitrogens with zero attached hydrogens (tertiary/aromatic N) is 2. The van der Waals surface area contributed by atoms with Crippen molar-refractivity contribution in [1.29, 1.82) is 0 Å². The summed E-state index contributed by atoms with van der Waals surface area (Å²) in [4.78, 5) is 25.6. The number of primary amides is 1. The fraction of sp³-hybridized carbons (Fsp3) is 0.263. The van der Waals surface area contributed by atoms with Crippen LogP contribution >= 0.6 is 0 Å². The molecule has 10 heteroatoms. The van der Waals surface area contributed by atoms with Gasteiger partial charge in [-0.25, -0.2) is 12.8 Å². The molecule has 0 bridgehead atoms. The highest BCUT2D eigenvalue weighted by atomic mass is 32.2. The summed E-state index contributed by atoms with van der Waals surface area (Å²) in [5.41, 5.74) is 5.86. The molecule has 0 radical (unpaired) electrons. The van der Waals surface area contributed by atoms with Crippen LogP contribution in [-0.2, 0) is 14.8 Å². The summed E-state index contributed by atoms with van der Waals surface area (Å²) in [7, 11) is -3.71. The van der Waals surface area contributed by atoms with Gasteiger partial charge < -0.3 is 11.1 Å². The standard InChI is InChI=1S/C19H21FN4O4S/c20-14-5-7-15(8-6-14)29(27,28)24-11-9-23(10-12-24)13-18(25)22-17-4-2-1-3-16(17)19(21)26/h1-8H,9-13H2,(H2,21,26)(H,22,25). The Kier molecular flexibility index (Phi) is 6.26. The molecule has 3 N–H and O–H groups in total. The van der Waals surface area contributed by atoms with Crippen molar-refractivity contribution in [3.8, 4) is 0 Å². The molecule has 1 fully saturated rings. The van der Waals surface area contributed by atoms with Crippen molar-refractivity contribution < 1.29 is 22.4 Å². The average Bonchev–Trinajstić information content (AvgIpc) is 2.69. The summed E-state index contributed by atoms with van der Waals surface area (Å²) in [5.74, 6) is -1.47. The molecule has 0 aromatic heterocycles. The topological polar surface area (TPSA) is 113 Å². The molecule has 3 rings (SSSR count). The van der Waals surface area contributed by atoms with Crippen LogP contribution in [0.15, 0.2) is 53.4 Å². The maximum atomic E-state index is 13.0. The van der Waals surface area contributed by atoms with E-state index >= 15 is 0 Å². The molecule has 0 aliphatic carbocycles. The maximum Gasteiger partial charge on any atom is 0.250 e. The van der Waals surface area contributed by atoms with Crippen LogP contribution in [0.3, 0.4) is 0 Å². The number of anilines is 1. The molecule has 8 nitrogen and oxygen atoms in total. The van der Waals surface area contributed by atoms with E-state index in [9.17, 15) is 22.4 Å². The smallest absolute Gasteiger partial charge is 0.250 e. The molecule has 0 atom stereocenters.